The minimum absolute atomic E-state index is 0.194. The number of anilines is 3. The average molecular weight is 389 g/mol. The summed E-state index contributed by atoms with van der Waals surface area (Å²) < 4.78 is 5.22. The predicted octanol–water partition coefficient (Wildman–Crippen LogP) is 3.06. The molecule has 3 aromatic rings. The molecule has 4 rings (SSSR count). The molecular weight excluding hydrogens is 366 g/mol. The summed E-state index contributed by atoms with van der Waals surface area (Å²) in [5.41, 5.74) is 1.78. The Kier molecular flexibility index (Phi) is 5.56. The molecule has 1 saturated heterocycles. The first-order valence-corrected chi connectivity index (χ1v) is 9.57. The van der Waals surface area contributed by atoms with Gasteiger partial charge in [-0.3, -0.25) is 4.79 Å². The highest BCUT2D eigenvalue weighted by atomic mass is 16.5. The second-order valence-electron chi connectivity index (χ2n) is 6.77. The van der Waals surface area contributed by atoms with Gasteiger partial charge in [-0.15, -0.1) is 10.2 Å². The maximum Gasteiger partial charge on any atom is 0.256 e. The number of ether oxygens (including phenoxy) is 1. The third-order valence-electron chi connectivity index (χ3n) is 4.97. The third kappa shape index (κ3) is 4.45. The lowest BCUT2D eigenvalue weighted by Gasteiger charge is -2.36. The molecule has 1 aliphatic heterocycles. The zero-order valence-corrected chi connectivity index (χ0v) is 16.3. The predicted molar refractivity (Wildman–Crippen MR) is 114 cm³/mol. The van der Waals surface area contributed by atoms with E-state index in [0.29, 0.717) is 11.4 Å². The number of hydrogen-bond acceptors (Lipinski definition) is 6. The highest BCUT2D eigenvalue weighted by Crippen LogP contribution is 2.22. The number of carbonyl (C=O) groups excluding carboxylic acids is 1. The zero-order chi connectivity index (χ0) is 20.1. The first-order chi connectivity index (χ1) is 14.2. The molecule has 0 spiro atoms. The number of carbonyl (C=O) groups is 1. The van der Waals surface area contributed by atoms with E-state index in [4.69, 9.17) is 4.74 Å². The summed E-state index contributed by atoms with van der Waals surface area (Å²) in [7, 11) is 1.67. The van der Waals surface area contributed by atoms with Gasteiger partial charge in [-0.2, -0.15) is 0 Å². The van der Waals surface area contributed by atoms with Crippen LogP contribution in [0.1, 0.15) is 10.4 Å². The Morgan fingerprint density at radius 1 is 0.862 bits per heavy atom. The summed E-state index contributed by atoms with van der Waals surface area (Å²) in [4.78, 5) is 16.8. The van der Waals surface area contributed by atoms with Gasteiger partial charge in [0.2, 0.25) is 0 Å². The maximum absolute atomic E-state index is 12.2. The van der Waals surface area contributed by atoms with E-state index < -0.39 is 0 Å². The molecule has 0 saturated carbocycles. The van der Waals surface area contributed by atoms with Crippen molar-refractivity contribution < 1.29 is 9.53 Å². The molecule has 0 atom stereocenters. The fourth-order valence-corrected chi connectivity index (χ4v) is 3.33. The van der Waals surface area contributed by atoms with E-state index in [1.807, 2.05) is 36.4 Å². The van der Waals surface area contributed by atoms with Crippen molar-refractivity contribution in [3.63, 3.8) is 0 Å². The number of aromatic nitrogens is 2. The van der Waals surface area contributed by atoms with Crippen LogP contribution < -0.4 is 19.9 Å². The van der Waals surface area contributed by atoms with Gasteiger partial charge in [-0.05, 0) is 48.5 Å². The molecule has 1 aromatic heterocycles. The molecule has 1 aliphatic rings. The van der Waals surface area contributed by atoms with Gasteiger partial charge in [0.1, 0.15) is 5.75 Å². The third-order valence-corrected chi connectivity index (χ3v) is 4.97. The zero-order valence-electron chi connectivity index (χ0n) is 16.3. The molecule has 0 aliphatic carbocycles. The molecule has 0 bridgehead atoms. The van der Waals surface area contributed by atoms with Crippen LogP contribution in [0.15, 0.2) is 66.7 Å². The Bertz CT molecular complexity index is 937. The van der Waals surface area contributed by atoms with Gasteiger partial charge in [0.25, 0.3) is 5.91 Å². The van der Waals surface area contributed by atoms with Crippen LogP contribution >= 0.6 is 0 Å². The van der Waals surface area contributed by atoms with Gasteiger partial charge in [-0.1, -0.05) is 18.2 Å². The Labute approximate surface area is 169 Å². The number of methoxy groups -OCH3 is 1. The van der Waals surface area contributed by atoms with Crippen molar-refractivity contribution in [1.29, 1.82) is 0 Å². The number of rotatable bonds is 5. The Morgan fingerprint density at radius 2 is 1.55 bits per heavy atom. The number of hydrogen-bond donors (Lipinski definition) is 1. The molecule has 1 N–H and O–H groups in total. The van der Waals surface area contributed by atoms with Crippen LogP contribution in [-0.2, 0) is 0 Å². The average Bonchev–Trinajstić information content (AvgIpc) is 2.80. The fourth-order valence-electron chi connectivity index (χ4n) is 3.33. The molecule has 2 heterocycles. The molecule has 2 aromatic carbocycles. The van der Waals surface area contributed by atoms with Crippen LogP contribution in [0.2, 0.25) is 0 Å². The summed E-state index contributed by atoms with van der Waals surface area (Å²) >= 11 is 0. The summed E-state index contributed by atoms with van der Waals surface area (Å²) in [5.74, 6) is 1.93. The maximum atomic E-state index is 12.2. The van der Waals surface area contributed by atoms with E-state index >= 15 is 0 Å². The molecule has 1 fully saturated rings. The standard InChI is InChI=1S/C22H23N5O2/c1-29-19-9-7-18(8-10-19)26-13-15-27(16-14-26)21-12-11-20(24-25-21)23-22(28)17-5-3-2-4-6-17/h2-12H,13-16H2,1H3,(H,23,24,28). The first kappa shape index (κ1) is 18.7. The van der Waals surface area contributed by atoms with Crippen molar-refractivity contribution >= 4 is 23.2 Å². The van der Waals surface area contributed by atoms with E-state index in [2.05, 4.69) is 37.4 Å². The van der Waals surface area contributed by atoms with Crippen molar-refractivity contribution in [1.82, 2.24) is 10.2 Å². The second-order valence-corrected chi connectivity index (χ2v) is 6.77. The van der Waals surface area contributed by atoms with Crippen LogP contribution in [0, 0.1) is 0 Å². The Morgan fingerprint density at radius 3 is 2.17 bits per heavy atom. The lowest BCUT2D eigenvalue weighted by molar-refractivity contribution is 0.102. The summed E-state index contributed by atoms with van der Waals surface area (Å²) in [6.07, 6.45) is 0. The lowest BCUT2D eigenvalue weighted by atomic mass is 10.2. The van der Waals surface area contributed by atoms with Gasteiger partial charge >= 0.3 is 0 Å². The molecule has 1 amide bonds. The Balaban J connectivity index is 1.33. The van der Waals surface area contributed by atoms with E-state index in [1.54, 1.807) is 25.3 Å². The van der Waals surface area contributed by atoms with E-state index in [-0.39, 0.29) is 5.91 Å². The number of nitrogens with one attached hydrogen (secondary N) is 1. The quantitative estimate of drug-likeness (QED) is 0.723. The van der Waals surface area contributed by atoms with Gasteiger partial charge in [-0.25, -0.2) is 0 Å². The van der Waals surface area contributed by atoms with Crippen molar-refractivity contribution in [2.24, 2.45) is 0 Å². The topological polar surface area (TPSA) is 70.6 Å². The lowest BCUT2D eigenvalue weighted by Crippen LogP contribution is -2.46. The smallest absolute Gasteiger partial charge is 0.256 e. The number of benzene rings is 2. The SMILES string of the molecule is COc1ccc(N2CCN(c3ccc(NC(=O)c4ccccc4)nn3)CC2)cc1. The van der Waals surface area contributed by atoms with Crippen molar-refractivity contribution in [2.75, 3.05) is 48.4 Å². The molecule has 0 radical (unpaired) electrons. The molecule has 7 nitrogen and oxygen atoms in total. The molecule has 0 unspecified atom stereocenters. The van der Waals surface area contributed by atoms with Gasteiger partial charge < -0.3 is 19.9 Å². The van der Waals surface area contributed by atoms with Crippen LogP contribution in [0.25, 0.3) is 0 Å². The molecule has 7 heteroatoms. The van der Waals surface area contributed by atoms with Crippen LogP contribution in [0.4, 0.5) is 17.3 Å². The monoisotopic (exact) mass is 389 g/mol. The first-order valence-electron chi connectivity index (χ1n) is 9.57. The van der Waals surface area contributed by atoms with Crippen LogP contribution in [0.3, 0.4) is 0 Å². The van der Waals surface area contributed by atoms with Crippen LogP contribution in [-0.4, -0.2) is 49.4 Å². The normalized spacial score (nSPS) is 13.8. The van der Waals surface area contributed by atoms with E-state index in [0.717, 1.165) is 37.7 Å². The van der Waals surface area contributed by atoms with Crippen molar-refractivity contribution in [3.8, 4) is 5.75 Å². The minimum Gasteiger partial charge on any atom is -0.497 e. The number of nitrogens with zero attached hydrogens (tertiary/aromatic N) is 4. The van der Waals surface area contributed by atoms with Crippen molar-refractivity contribution in [2.45, 2.75) is 0 Å². The fraction of sp³-hybridized carbons (Fsp3) is 0.227. The Hall–Kier alpha value is -3.61. The molecule has 29 heavy (non-hydrogen) atoms. The summed E-state index contributed by atoms with van der Waals surface area (Å²) in [6, 6.07) is 20.9. The highest BCUT2D eigenvalue weighted by Gasteiger charge is 2.19. The largest absolute Gasteiger partial charge is 0.497 e. The van der Waals surface area contributed by atoms with E-state index in [1.165, 1.54) is 5.69 Å². The summed E-state index contributed by atoms with van der Waals surface area (Å²) in [5, 5.41) is 11.2. The highest BCUT2D eigenvalue weighted by molar-refractivity contribution is 6.03. The van der Waals surface area contributed by atoms with Crippen molar-refractivity contribution in [3.05, 3.63) is 72.3 Å². The second kappa shape index (κ2) is 8.60. The summed E-state index contributed by atoms with van der Waals surface area (Å²) in [6.45, 7) is 3.52. The number of amides is 1. The van der Waals surface area contributed by atoms with Gasteiger partial charge in [0.05, 0.1) is 7.11 Å². The minimum atomic E-state index is -0.194. The van der Waals surface area contributed by atoms with E-state index in [9.17, 15) is 4.79 Å². The molecular formula is C22H23N5O2. The van der Waals surface area contributed by atoms with Gasteiger partial charge in [0.15, 0.2) is 11.6 Å². The molecule has 148 valence electrons. The van der Waals surface area contributed by atoms with Crippen LogP contribution in [0.5, 0.6) is 5.75 Å². The van der Waals surface area contributed by atoms with Gasteiger partial charge in [0, 0.05) is 37.4 Å². The number of piperazine rings is 1.